The van der Waals surface area contributed by atoms with E-state index in [0.717, 1.165) is 48.0 Å². The molecule has 0 amide bonds. The van der Waals surface area contributed by atoms with Crippen molar-refractivity contribution < 1.29 is 51.1 Å². The van der Waals surface area contributed by atoms with E-state index in [1.165, 1.54) is 17.4 Å². The Morgan fingerprint density at radius 3 is 1.43 bits per heavy atom. The van der Waals surface area contributed by atoms with Crippen molar-refractivity contribution in [2.45, 2.75) is 0 Å². The minimum absolute atomic E-state index is 0.107. The van der Waals surface area contributed by atoms with Crippen LogP contribution in [0, 0.1) is 0 Å². The van der Waals surface area contributed by atoms with Gasteiger partial charge >= 0.3 is 0 Å². The van der Waals surface area contributed by atoms with Gasteiger partial charge in [-0.15, -0.1) is 11.3 Å². The molecule has 0 aliphatic rings. The standard InChI is InChI=1S/C57H36N4O10S/c62-45-42(46(63)50(67)53(70)49(45)66)30-17-21-36-39(24-30)61(38-16-8-15-37(43(36)38)44-47(64)51(68)54(71)52(69)48(44)65)33-19-22-35-34-20-18-32(25-40(34)72-41(35)26-33)57-59-55(28-11-5-2-6-12-28)58-56(60-57)31-14-7-13-29(23-31)27-9-3-1-4-10-27/h1-26,62-71H. The molecule has 0 unspecified atom stereocenters. The Balaban J connectivity index is 1.04. The Morgan fingerprint density at radius 1 is 0.319 bits per heavy atom. The van der Waals surface area contributed by atoms with Crippen LogP contribution in [0.25, 0.3) is 115 Å². The highest BCUT2D eigenvalue weighted by atomic mass is 32.1. The number of fused-ring (bicyclic) bond motifs is 6. The molecule has 0 fully saturated rings. The van der Waals surface area contributed by atoms with Crippen LogP contribution in [0.1, 0.15) is 0 Å². The third kappa shape index (κ3) is 6.67. The van der Waals surface area contributed by atoms with E-state index in [-0.39, 0.29) is 22.3 Å². The zero-order chi connectivity index (χ0) is 49.7. The first-order valence-electron chi connectivity index (χ1n) is 22.3. The topological polar surface area (TPSA) is 246 Å². The van der Waals surface area contributed by atoms with Crippen molar-refractivity contribution in [1.82, 2.24) is 19.5 Å². The lowest BCUT2D eigenvalue weighted by Gasteiger charge is -2.14. The van der Waals surface area contributed by atoms with Crippen LogP contribution in [0.3, 0.4) is 0 Å². The lowest BCUT2D eigenvalue weighted by atomic mass is 9.95. The molecule has 12 rings (SSSR count). The summed E-state index contributed by atoms with van der Waals surface area (Å²) in [6, 6.07) is 49.5. The summed E-state index contributed by atoms with van der Waals surface area (Å²) in [5, 5.41) is 110. The number of nitrogens with zero attached hydrogens (tertiary/aromatic N) is 4. The first kappa shape index (κ1) is 43.3. The molecule has 10 N–H and O–H groups in total. The molecule has 3 heterocycles. The zero-order valence-electron chi connectivity index (χ0n) is 37.2. The van der Waals surface area contributed by atoms with Crippen LogP contribution in [0.15, 0.2) is 158 Å². The Morgan fingerprint density at radius 2 is 0.792 bits per heavy atom. The third-order valence-corrected chi connectivity index (χ3v) is 14.1. The monoisotopic (exact) mass is 968 g/mol. The largest absolute Gasteiger partial charge is 0.504 e. The molecule has 0 spiro atoms. The zero-order valence-corrected chi connectivity index (χ0v) is 38.0. The fourth-order valence-electron chi connectivity index (χ4n) is 9.47. The smallest absolute Gasteiger partial charge is 0.208 e. The van der Waals surface area contributed by atoms with Gasteiger partial charge in [0.05, 0.1) is 22.2 Å². The summed E-state index contributed by atoms with van der Waals surface area (Å²) < 4.78 is 3.67. The van der Waals surface area contributed by atoms with Crippen LogP contribution in [0.4, 0.5) is 0 Å². The van der Waals surface area contributed by atoms with Crippen molar-refractivity contribution >= 4 is 53.3 Å². The van der Waals surface area contributed by atoms with E-state index in [4.69, 9.17) is 15.0 Å². The normalized spacial score (nSPS) is 11.6. The lowest BCUT2D eigenvalue weighted by molar-refractivity contribution is 0.330. The lowest BCUT2D eigenvalue weighted by Crippen LogP contribution is -2.00. The second-order valence-electron chi connectivity index (χ2n) is 17.1. The Hall–Kier alpha value is -9.99. The molecule has 9 aromatic carbocycles. The summed E-state index contributed by atoms with van der Waals surface area (Å²) in [5.41, 5.74) is 5.55. The van der Waals surface area contributed by atoms with Gasteiger partial charge in [0, 0.05) is 53.3 Å². The van der Waals surface area contributed by atoms with Gasteiger partial charge in [0.1, 0.15) is 0 Å². The van der Waals surface area contributed by atoms with Gasteiger partial charge in [-0.2, -0.15) is 0 Å². The first-order valence-corrected chi connectivity index (χ1v) is 23.1. The van der Waals surface area contributed by atoms with Gasteiger partial charge in [0.2, 0.25) is 34.5 Å². The predicted molar refractivity (Wildman–Crippen MR) is 276 cm³/mol. The Labute approximate surface area is 410 Å². The van der Waals surface area contributed by atoms with Crippen molar-refractivity contribution in [3.63, 3.8) is 0 Å². The number of hydrogen-bond acceptors (Lipinski definition) is 14. The Kier molecular flexibility index (Phi) is 9.82. The molecule has 350 valence electrons. The average Bonchev–Trinajstić information content (AvgIpc) is 3.96. The molecule has 0 radical (unpaired) electrons. The van der Waals surface area contributed by atoms with Crippen molar-refractivity contribution in [1.29, 1.82) is 0 Å². The molecular formula is C57H36N4O10S. The van der Waals surface area contributed by atoms with E-state index in [1.807, 2.05) is 95.6 Å². The van der Waals surface area contributed by atoms with Crippen LogP contribution in [0.5, 0.6) is 57.5 Å². The van der Waals surface area contributed by atoms with Gasteiger partial charge < -0.3 is 55.6 Å². The highest BCUT2D eigenvalue weighted by Crippen LogP contribution is 2.58. The van der Waals surface area contributed by atoms with Gasteiger partial charge in [-0.05, 0) is 58.7 Å². The van der Waals surface area contributed by atoms with Crippen molar-refractivity contribution in [3.8, 4) is 131 Å². The highest BCUT2D eigenvalue weighted by molar-refractivity contribution is 7.25. The minimum Gasteiger partial charge on any atom is -0.504 e. The summed E-state index contributed by atoms with van der Waals surface area (Å²) in [6.45, 7) is 0. The van der Waals surface area contributed by atoms with E-state index in [2.05, 4.69) is 30.3 Å². The van der Waals surface area contributed by atoms with Crippen LogP contribution >= 0.6 is 11.3 Å². The summed E-state index contributed by atoms with van der Waals surface area (Å²) in [6.07, 6.45) is 0. The van der Waals surface area contributed by atoms with Gasteiger partial charge in [0.25, 0.3) is 0 Å². The summed E-state index contributed by atoms with van der Waals surface area (Å²) in [7, 11) is 0. The SMILES string of the molecule is Oc1c(O)c(O)c(-c2ccc3c4c(-c5c(O)c(O)c(O)c(O)c5O)cccc4n(-c4ccc5c(c4)sc4cc(-c6nc(-c7ccccc7)nc(-c7cccc(-c8ccccc8)c7)n6)ccc45)c3c2)c(O)c1O. The molecule has 15 heteroatoms. The van der Waals surface area contributed by atoms with Crippen LogP contribution in [-0.2, 0) is 0 Å². The van der Waals surface area contributed by atoms with Gasteiger partial charge in [-0.25, -0.2) is 15.0 Å². The Bertz CT molecular complexity index is 4180. The summed E-state index contributed by atoms with van der Waals surface area (Å²) in [4.78, 5) is 15.0. The number of phenolic OH excluding ortho intramolecular Hbond substituents is 10. The average molecular weight is 969 g/mol. The van der Waals surface area contributed by atoms with Crippen molar-refractivity contribution in [2.24, 2.45) is 0 Å². The number of rotatable bonds is 7. The molecule has 0 aliphatic heterocycles. The summed E-state index contributed by atoms with van der Waals surface area (Å²) >= 11 is 1.54. The molecule has 72 heavy (non-hydrogen) atoms. The molecule has 3 aromatic heterocycles. The van der Waals surface area contributed by atoms with Crippen molar-refractivity contribution in [3.05, 3.63) is 158 Å². The first-order chi connectivity index (χ1) is 34.9. The van der Waals surface area contributed by atoms with Gasteiger partial charge in [-0.1, -0.05) is 121 Å². The minimum atomic E-state index is -1.11. The molecule has 0 saturated carbocycles. The molecular weight excluding hydrogens is 933 g/mol. The van der Waals surface area contributed by atoms with E-state index < -0.39 is 57.5 Å². The molecule has 0 saturated heterocycles. The molecule has 0 atom stereocenters. The van der Waals surface area contributed by atoms with E-state index in [9.17, 15) is 51.1 Å². The van der Waals surface area contributed by atoms with Crippen molar-refractivity contribution in [2.75, 3.05) is 0 Å². The van der Waals surface area contributed by atoms with E-state index in [1.54, 1.807) is 30.3 Å². The third-order valence-electron chi connectivity index (χ3n) is 13.0. The fraction of sp³-hybridized carbons (Fsp3) is 0. The van der Waals surface area contributed by atoms with E-state index >= 15 is 0 Å². The second kappa shape index (κ2) is 16.3. The number of phenols is 10. The van der Waals surface area contributed by atoms with Gasteiger partial charge in [0.15, 0.2) is 40.5 Å². The number of hydrogen-bond donors (Lipinski definition) is 10. The molecule has 14 nitrogen and oxygen atoms in total. The predicted octanol–water partition coefficient (Wildman–Crippen LogP) is 12.4. The number of benzene rings is 9. The maximum atomic E-state index is 11.2. The quantitative estimate of drug-likeness (QED) is 0.0528. The van der Waals surface area contributed by atoms with Crippen LogP contribution in [0.2, 0.25) is 0 Å². The number of aromatic nitrogens is 4. The number of thiophene rings is 1. The summed E-state index contributed by atoms with van der Waals surface area (Å²) in [5.74, 6) is -8.52. The molecule has 0 bridgehead atoms. The van der Waals surface area contributed by atoms with Gasteiger partial charge in [-0.3, -0.25) is 0 Å². The van der Waals surface area contributed by atoms with E-state index in [0.29, 0.717) is 45.0 Å². The number of aromatic hydroxyl groups is 10. The highest BCUT2D eigenvalue weighted by Gasteiger charge is 2.29. The second-order valence-corrected chi connectivity index (χ2v) is 18.2. The molecule has 12 aromatic rings. The maximum absolute atomic E-state index is 11.2. The van der Waals surface area contributed by atoms with Crippen LogP contribution < -0.4 is 0 Å². The van der Waals surface area contributed by atoms with Crippen LogP contribution in [-0.4, -0.2) is 70.6 Å². The fourth-order valence-corrected chi connectivity index (χ4v) is 10.6. The maximum Gasteiger partial charge on any atom is 0.208 e. The molecule has 0 aliphatic carbocycles.